The zero-order valence-corrected chi connectivity index (χ0v) is 27.9. The summed E-state index contributed by atoms with van der Waals surface area (Å²) in [5, 5.41) is 0. The molecule has 11 nitrogen and oxygen atoms in total. The second kappa shape index (κ2) is 17.1. The first-order valence-electron chi connectivity index (χ1n) is 16.1. The second-order valence-electron chi connectivity index (χ2n) is 11.4. The first kappa shape index (κ1) is 35.6. The van der Waals surface area contributed by atoms with Crippen LogP contribution in [0.25, 0.3) is 0 Å². The van der Waals surface area contributed by atoms with Crippen LogP contribution in [-0.2, 0) is 29.3 Å². The number of ether oxygens (including phenoxy) is 7. The van der Waals surface area contributed by atoms with Gasteiger partial charge < -0.3 is 33.2 Å². The van der Waals surface area contributed by atoms with Crippen LogP contribution in [0.1, 0.15) is 35.8 Å². The summed E-state index contributed by atoms with van der Waals surface area (Å²) >= 11 is 0. The van der Waals surface area contributed by atoms with Gasteiger partial charge in [-0.1, -0.05) is 60.5 Å². The van der Waals surface area contributed by atoms with E-state index in [2.05, 4.69) is 10.9 Å². The van der Waals surface area contributed by atoms with Crippen molar-refractivity contribution >= 4 is 0 Å². The largest absolute Gasteiger partial charge is 0.497 e. The monoisotopic (exact) mass is 670 g/mol. The molecule has 0 saturated carbocycles. The van der Waals surface area contributed by atoms with Crippen LogP contribution in [0.3, 0.4) is 0 Å². The van der Waals surface area contributed by atoms with E-state index in [1.165, 1.54) is 16.8 Å². The molecule has 0 bridgehead atoms. The number of terminal acetylenes is 1. The summed E-state index contributed by atoms with van der Waals surface area (Å²) < 4.78 is 43.6. The molecule has 1 fully saturated rings. The SMILES string of the molecule is C#CCOCCCCOC1C(OC)C(COC(c2ccccc2)(c2ccc(OC)cc2)c2ccc(OC)cc2)OC1n1ccc(=O)[nH]c1=O. The van der Waals surface area contributed by atoms with E-state index in [4.69, 9.17) is 39.6 Å². The van der Waals surface area contributed by atoms with Crippen molar-refractivity contribution in [3.05, 3.63) is 129 Å². The highest BCUT2D eigenvalue weighted by atomic mass is 16.6. The van der Waals surface area contributed by atoms with Crippen molar-refractivity contribution in [2.45, 2.75) is 43.0 Å². The van der Waals surface area contributed by atoms with E-state index < -0.39 is 41.4 Å². The minimum atomic E-state index is -1.11. The number of hydrogen-bond donors (Lipinski definition) is 1. The van der Waals surface area contributed by atoms with Crippen molar-refractivity contribution in [3.8, 4) is 23.8 Å². The maximum Gasteiger partial charge on any atom is 0.330 e. The quantitative estimate of drug-likeness (QED) is 0.0997. The summed E-state index contributed by atoms with van der Waals surface area (Å²) in [4.78, 5) is 27.2. The lowest BCUT2D eigenvalue weighted by molar-refractivity contribution is -0.100. The van der Waals surface area contributed by atoms with Crippen LogP contribution in [0.4, 0.5) is 0 Å². The van der Waals surface area contributed by atoms with Gasteiger partial charge in [0, 0.05) is 32.6 Å². The number of H-pyrrole nitrogens is 1. The van der Waals surface area contributed by atoms with Gasteiger partial charge in [-0.3, -0.25) is 14.3 Å². The Balaban J connectivity index is 1.51. The van der Waals surface area contributed by atoms with Crippen LogP contribution in [0.5, 0.6) is 11.5 Å². The minimum absolute atomic E-state index is 0.0415. The molecule has 49 heavy (non-hydrogen) atoms. The minimum Gasteiger partial charge on any atom is -0.497 e. The third-order valence-corrected chi connectivity index (χ3v) is 8.50. The highest BCUT2D eigenvalue weighted by molar-refractivity contribution is 5.49. The predicted molar refractivity (Wildman–Crippen MR) is 183 cm³/mol. The summed E-state index contributed by atoms with van der Waals surface area (Å²) in [6.45, 7) is 1.14. The molecule has 11 heteroatoms. The van der Waals surface area contributed by atoms with Gasteiger partial charge in [-0.15, -0.1) is 6.42 Å². The van der Waals surface area contributed by atoms with Crippen molar-refractivity contribution < 1.29 is 33.2 Å². The normalized spacial score (nSPS) is 19.0. The molecule has 0 spiro atoms. The van der Waals surface area contributed by atoms with Gasteiger partial charge >= 0.3 is 5.69 Å². The highest BCUT2D eigenvalue weighted by Crippen LogP contribution is 2.43. The van der Waals surface area contributed by atoms with E-state index in [1.54, 1.807) is 21.3 Å². The van der Waals surface area contributed by atoms with Gasteiger partial charge in [-0.05, 0) is 53.8 Å². The Morgan fingerprint density at radius 3 is 2.00 bits per heavy atom. The average Bonchev–Trinajstić information content (AvgIpc) is 3.49. The number of hydrogen-bond acceptors (Lipinski definition) is 9. The maximum absolute atomic E-state index is 13.0. The summed E-state index contributed by atoms with van der Waals surface area (Å²) in [6.07, 6.45) is 5.13. The Labute approximate surface area is 285 Å². The van der Waals surface area contributed by atoms with Crippen LogP contribution >= 0.6 is 0 Å². The number of methoxy groups -OCH3 is 3. The standard InChI is InChI=1S/C38H42N2O9/c1-5-23-46-24-9-10-25-47-35-34(45-4)32(49-36(35)40-22-21-33(41)39-37(40)42)26-48-38(27-11-7-6-8-12-27,28-13-17-30(43-2)18-14-28)29-15-19-31(44-3)20-16-29/h1,6-8,11-22,32,34-36H,9-10,23-26H2,2-4H3,(H,39,41,42). The fourth-order valence-electron chi connectivity index (χ4n) is 6.09. The van der Waals surface area contributed by atoms with Crippen LogP contribution in [0.2, 0.25) is 0 Å². The van der Waals surface area contributed by atoms with E-state index in [-0.39, 0.29) is 13.2 Å². The molecule has 1 aromatic heterocycles. The molecule has 2 heterocycles. The number of aromatic nitrogens is 2. The molecular formula is C38H42N2O9. The Morgan fingerprint density at radius 1 is 0.816 bits per heavy atom. The Bertz CT molecular complexity index is 1720. The Kier molecular flexibility index (Phi) is 12.4. The number of rotatable bonds is 17. The fraction of sp³-hybridized carbons (Fsp3) is 0.368. The van der Waals surface area contributed by atoms with Crippen molar-refractivity contribution in [1.29, 1.82) is 0 Å². The average molecular weight is 671 g/mol. The third kappa shape index (κ3) is 8.13. The molecule has 0 aliphatic carbocycles. The molecule has 0 amide bonds. The van der Waals surface area contributed by atoms with Crippen molar-refractivity contribution in [1.82, 2.24) is 9.55 Å². The van der Waals surface area contributed by atoms with E-state index in [0.717, 1.165) is 23.1 Å². The third-order valence-electron chi connectivity index (χ3n) is 8.50. The van der Waals surface area contributed by atoms with E-state index in [9.17, 15) is 9.59 Å². The maximum atomic E-state index is 13.0. The predicted octanol–water partition coefficient (Wildman–Crippen LogP) is 4.29. The van der Waals surface area contributed by atoms with Crippen LogP contribution in [0, 0.1) is 12.3 Å². The van der Waals surface area contributed by atoms with Gasteiger partial charge in [0.2, 0.25) is 0 Å². The van der Waals surface area contributed by atoms with E-state index in [1.807, 2.05) is 78.9 Å². The molecule has 1 aliphatic heterocycles. The van der Waals surface area contributed by atoms with Crippen LogP contribution in [0.15, 0.2) is 101 Å². The van der Waals surface area contributed by atoms with Gasteiger partial charge in [0.25, 0.3) is 5.56 Å². The van der Waals surface area contributed by atoms with Crippen molar-refractivity contribution in [3.63, 3.8) is 0 Å². The first-order valence-corrected chi connectivity index (χ1v) is 16.1. The lowest BCUT2D eigenvalue weighted by Gasteiger charge is -2.37. The molecule has 1 aliphatic rings. The van der Waals surface area contributed by atoms with Gasteiger partial charge in [-0.25, -0.2) is 4.79 Å². The van der Waals surface area contributed by atoms with Gasteiger partial charge in [-0.2, -0.15) is 0 Å². The van der Waals surface area contributed by atoms with Gasteiger partial charge in [0.15, 0.2) is 6.23 Å². The number of aromatic amines is 1. The fourth-order valence-corrected chi connectivity index (χ4v) is 6.09. The lowest BCUT2D eigenvalue weighted by atomic mass is 9.80. The highest BCUT2D eigenvalue weighted by Gasteiger charge is 2.49. The zero-order valence-electron chi connectivity index (χ0n) is 27.9. The molecule has 258 valence electrons. The molecule has 0 radical (unpaired) electrons. The Hall–Kier alpha value is -4.70. The first-order chi connectivity index (χ1) is 23.9. The molecule has 4 atom stereocenters. The molecule has 3 aromatic carbocycles. The summed E-state index contributed by atoms with van der Waals surface area (Å²) in [7, 11) is 4.81. The number of nitrogens with zero attached hydrogens (tertiary/aromatic N) is 1. The van der Waals surface area contributed by atoms with Gasteiger partial charge in [0.1, 0.15) is 42.0 Å². The summed E-state index contributed by atoms with van der Waals surface area (Å²) in [5.74, 6) is 3.86. The Morgan fingerprint density at radius 2 is 1.43 bits per heavy atom. The zero-order chi connectivity index (χ0) is 34.6. The van der Waals surface area contributed by atoms with Gasteiger partial charge in [0.05, 0.1) is 20.8 Å². The lowest BCUT2D eigenvalue weighted by Crippen LogP contribution is -2.42. The molecule has 4 aromatic rings. The van der Waals surface area contributed by atoms with Crippen molar-refractivity contribution in [2.75, 3.05) is 47.8 Å². The van der Waals surface area contributed by atoms with Crippen LogP contribution < -0.4 is 20.7 Å². The summed E-state index contributed by atoms with van der Waals surface area (Å²) in [6, 6.07) is 26.6. The van der Waals surface area contributed by atoms with Crippen LogP contribution in [-0.4, -0.2) is 75.6 Å². The van der Waals surface area contributed by atoms with E-state index in [0.29, 0.717) is 31.1 Å². The molecule has 1 saturated heterocycles. The number of nitrogens with one attached hydrogen (secondary N) is 1. The number of unbranched alkanes of at least 4 members (excludes halogenated alkanes) is 1. The summed E-state index contributed by atoms with van der Waals surface area (Å²) in [5.41, 5.74) is 0.336. The molecular weight excluding hydrogens is 628 g/mol. The molecule has 1 N–H and O–H groups in total. The molecule has 5 rings (SSSR count). The van der Waals surface area contributed by atoms with Crippen molar-refractivity contribution in [2.24, 2.45) is 0 Å². The smallest absolute Gasteiger partial charge is 0.330 e. The number of benzene rings is 3. The molecule has 4 unspecified atom stereocenters. The second-order valence-corrected chi connectivity index (χ2v) is 11.4. The van der Waals surface area contributed by atoms with E-state index >= 15 is 0 Å². The topological polar surface area (TPSA) is 119 Å².